The van der Waals surface area contributed by atoms with Crippen LogP contribution in [0.3, 0.4) is 0 Å². The minimum absolute atomic E-state index is 0.694. The molecule has 2 aliphatic rings. The second kappa shape index (κ2) is 3.37. The van der Waals surface area contributed by atoms with Crippen LogP contribution in [0.25, 0.3) is 11.0 Å². The molecule has 0 saturated carbocycles. The Morgan fingerprint density at radius 1 is 1.50 bits per heavy atom. The van der Waals surface area contributed by atoms with Crippen LogP contribution in [-0.4, -0.2) is 16.5 Å². The molecular formula is C10H11N3S. The minimum atomic E-state index is 0.694. The molecule has 1 aromatic rings. The zero-order valence-corrected chi connectivity index (χ0v) is 8.55. The molecule has 0 amide bonds. The van der Waals surface area contributed by atoms with E-state index in [-0.39, 0.29) is 0 Å². The van der Waals surface area contributed by atoms with Crippen molar-refractivity contribution >= 4 is 22.9 Å². The molecule has 14 heavy (non-hydrogen) atoms. The van der Waals surface area contributed by atoms with Gasteiger partial charge in [0.25, 0.3) is 0 Å². The maximum atomic E-state index is 4.28. The van der Waals surface area contributed by atoms with Crippen LogP contribution in [0.4, 0.5) is 0 Å². The van der Waals surface area contributed by atoms with Gasteiger partial charge in [0, 0.05) is 22.9 Å². The molecule has 1 aliphatic heterocycles. The van der Waals surface area contributed by atoms with Crippen molar-refractivity contribution in [3.05, 3.63) is 23.1 Å². The fourth-order valence-electron chi connectivity index (χ4n) is 2.02. The zero-order valence-electron chi connectivity index (χ0n) is 7.73. The molecule has 2 heterocycles. The largest absolute Gasteiger partial charge is 0.260 e. The number of fused-ring (bicyclic) bond motifs is 2. The van der Waals surface area contributed by atoms with E-state index in [9.17, 15) is 0 Å². The molecule has 0 aromatic carbocycles. The molecule has 1 aromatic heterocycles. The molecule has 1 unspecified atom stereocenters. The molecule has 1 atom stereocenters. The SMILES string of the molecule is C1=c2ncncc2=C2SNCCC2C1. The summed E-state index contributed by atoms with van der Waals surface area (Å²) in [5.74, 6) is 0.694. The van der Waals surface area contributed by atoms with Gasteiger partial charge in [0.15, 0.2) is 0 Å². The van der Waals surface area contributed by atoms with Crippen LogP contribution in [0.2, 0.25) is 0 Å². The molecule has 72 valence electrons. The maximum Gasteiger partial charge on any atom is 0.116 e. The highest BCUT2D eigenvalue weighted by molar-refractivity contribution is 8.06. The molecular weight excluding hydrogens is 194 g/mol. The van der Waals surface area contributed by atoms with Crippen molar-refractivity contribution in [1.82, 2.24) is 14.7 Å². The van der Waals surface area contributed by atoms with Crippen molar-refractivity contribution in [2.45, 2.75) is 12.8 Å². The Bertz CT molecular complexity index is 469. The molecule has 1 aliphatic carbocycles. The quantitative estimate of drug-likeness (QED) is 0.606. The highest BCUT2D eigenvalue weighted by atomic mass is 32.2. The molecule has 1 N–H and O–H groups in total. The van der Waals surface area contributed by atoms with Crippen molar-refractivity contribution in [1.29, 1.82) is 0 Å². The number of aromatic nitrogens is 2. The number of nitrogens with zero attached hydrogens (tertiary/aromatic N) is 2. The first-order chi connectivity index (χ1) is 6.95. The topological polar surface area (TPSA) is 37.8 Å². The molecule has 0 spiro atoms. The first-order valence-corrected chi connectivity index (χ1v) is 5.67. The van der Waals surface area contributed by atoms with Gasteiger partial charge in [0.1, 0.15) is 6.33 Å². The summed E-state index contributed by atoms with van der Waals surface area (Å²) in [7, 11) is 0. The first kappa shape index (κ1) is 8.44. The van der Waals surface area contributed by atoms with Gasteiger partial charge in [0.2, 0.25) is 0 Å². The van der Waals surface area contributed by atoms with E-state index in [1.165, 1.54) is 16.5 Å². The monoisotopic (exact) mass is 205 g/mol. The summed E-state index contributed by atoms with van der Waals surface area (Å²) in [6, 6.07) is 0. The van der Waals surface area contributed by atoms with E-state index in [1.807, 2.05) is 6.20 Å². The van der Waals surface area contributed by atoms with Crippen molar-refractivity contribution in [3.63, 3.8) is 0 Å². The Balaban J connectivity index is 2.27. The van der Waals surface area contributed by atoms with E-state index in [0.29, 0.717) is 5.92 Å². The van der Waals surface area contributed by atoms with Crippen LogP contribution in [0, 0.1) is 5.92 Å². The highest BCUT2D eigenvalue weighted by Gasteiger charge is 2.21. The zero-order chi connectivity index (χ0) is 9.38. The third-order valence-electron chi connectivity index (χ3n) is 2.75. The fraction of sp³-hybridized carbons (Fsp3) is 0.400. The van der Waals surface area contributed by atoms with Crippen molar-refractivity contribution < 1.29 is 0 Å². The number of rotatable bonds is 0. The summed E-state index contributed by atoms with van der Waals surface area (Å²) >= 11 is 1.76. The van der Waals surface area contributed by atoms with Crippen molar-refractivity contribution in [2.24, 2.45) is 5.92 Å². The van der Waals surface area contributed by atoms with Gasteiger partial charge >= 0.3 is 0 Å². The first-order valence-electron chi connectivity index (χ1n) is 4.85. The molecule has 3 nitrogen and oxygen atoms in total. The van der Waals surface area contributed by atoms with E-state index < -0.39 is 0 Å². The van der Waals surface area contributed by atoms with Crippen LogP contribution in [0.5, 0.6) is 0 Å². The Kier molecular flexibility index (Phi) is 2.03. The summed E-state index contributed by atoms with van der Waals surface area (Å²) < 4.78 is 3.34. The molecule has 4 heteroatoms. The Labute approximate surface area is 86.5 Å². The van der Waals surface area contributed by atoms with E-state index >= 15 is 0 Å². The summed E-state index contributed by atoms with van der Waals surface area (Å²) in [6.45, 7) is 1.11. The summed E-state index contributed by atoms with van der Waals surface area (Å²) in [5.41, 5.74) is 0. The highest BCUT2D eigenvalue weighted by Crippen LogP contribution is 2.32. The van der Waals surface area contributed by atoms with Gasteiger partial charge in [-0.3, -0.25) is 4.72 Å². The van der Waals surface area contributed by atoms with Crippen molar-refractivity contribution in [3.8, 4) is 0 Å². The summed E-state index contributed by atoms with van der Waals surface area (Å²) in [5, 5.41) is 2.32. The van der Waals surface area contributed by atoms with Gasteiger partial charge in [-0.2, -0.15) is 0 Å². The molecule has 1 saturated heterocycles. The molecule has 3 rings (SSSR count). The summed E-state index contributed by atoms with van der Waals surface area (Å²) in [4.78, 5) is 9.80. The van der Waals surface area contributed by atoms with Gasteiger partial charge in [-0.25, -0.2) is 9.97 Å². The second-order valence-corrected chi connectivity index (χ2v) is 4.54. The van der Waals surface area contributed by atoms with E-state index in [0.717, 1.165) is 18.3 Å². The Morgan fingerprint density at radius 2 is 2.50 bits per heavy atom. The van der Waals surface area contributed by atoms with Crippen LogP contribution in [0.15, 0.2) is 12.5 Å². The normalized spacial score (nSPS) is 24.9. The smallest absolute Gasteiger partial charge is 0.116 e. The molecule has 0 radical (unpaired) electrons. The van der Waals surface area contributed by atoms with Crippen LogP contribution in [-0.2, 0) is 0 Å². The Hall–Kier alpha value is -0.870. The van der Waals surface area contributed by atoms with E-state index in [2.05, 4.69) is 20.8 Å². The lowest BCUT2D eigenvalue weighted by Crippen LogP contribution is -2.37. The number of hydrogen-bond acceptors (Lipinski definition) is 4. The van der Waals surface area contributed by atoms with E-state index in [1.54, 1.807) is 18.3 Å². The van der Waals surface area contributed by atoms with E-state index in [4.69, 9.17) is 0 Å². The standard InChI is InChI=1S/C10H11N3S/c1-2-9-8(5-11-6-12-9)10-7(1)3-4-13-14-10/h2,5-7,13H,1,3-4H2. The number of nitrogens with one attached hydrogen (secondary N) is 1. The van der Waals surface area contributed by atoms with Crippen LogP contribution in [0.1, 0.15) is 12.8 Å². The predicted octanol–water partition coefficient (Wildman–Crippen LogP) is 0.0267. The lowest BCUT2D eigenvalue weighted by molar-refractivity contribution is 0.613. The third kappa shape index (κ3) is 1.26. The Morgan fingerprint density at radius 3 is 3.50 bits per heavy atom. The third-order valence-corrected chi connectivity index (χ3v) is 3.87. The van der Waals surface area contributed by atoms with Gasteiger partial charge in [0.05, 0.1) is 5.35 Å². The second-order valence-electron chi connectivity index (χ2n) is 3.61. The number of hydrogen-bond donors (Lipinski definition) is 1. The average molecular weight is 205 g/mol. The van der Waals surface area contributed by atoms with Crippen LogP contribution < -0.4 is 15.3 Å². The van der Waals surface area contributed by atoms with Crippen LogP contribution >= 0.6 is 11.9 Å². The van der Waals surface area contributed by atoms with Gasteiger partial charge in [-0.05, 0) is 30.7 Å². The van der Waals surface area contributed by atoms with Gasteiger partial charge in [-0.1, -0.05) is 6.08 Å². The predicted molar refractivity (Wildman–Crippen MR) is 57.5 cm³/mol. The summed E-state index contributed by atoms with van der Waals surface area (Å²) in [6.07, 6.45) is 8.15. The lowest BCUT2D eigenvalue weighted by Gasteiger charge is -2.26. The van der Waals surface area contributed by atoms with Gasteiger partial charge < -0.3 is 0 Å². The van der Waals surface area contributed by atoms with Gasteiger partial charge in [-0.15, -0.1) is 0 Å². The minimum Gasteiger partial charge on any atom is -0.260 e. The average Bonchev–Trinajstić information content (AvgIpc) is 2.29. The molecule has 1 fully saturated rings. The fourth-order valence-corrected chi connectivity index (χ4v) is 3.05. The molecule has 0 bridgehead atoms. The lowest BCUT2D eigenvalue weighted by atomic mass is 9.96. The maximum absolute atomic E-state index is 4.28. The van der Waals surface area contributed by atoms with Crippen molar-refractivity contribution in [2.75, 3.05) is 6.54 Å².